The van der Waals surface area contributed by atoms with Gasteiger partial charge < -0.3 is 16.0 Å². The molecule has 5 nitrogen and oxygen atoms in total. The van der Waals surface area contributed by atoms with E-state index in [1.54, 1.807) is 0 Å². The Bertz CT molecular complexity index is 971. The van der Waals surface area contributed by atoms with Crippen molar-refractivity contribution in [2.45, 2.75) is 71.4 Å². The van der Waals surface area contributed by atoms with E-state index in [2.05, 4.69) is 25.2 Å². The second kappa shape index (κ2) is 7.64. The number of anilines is 1. The van der Waals surface area contributed by atoms with Crippen LogP contribution in [0.5, 0.6) is 0 Å². The van der Waals surface area contributed by atoms with Gasteiger partial charge in [-0.3, -0.25) is 9.59 Å². The van der Waals surface area contributed by atoms with E-state index in [0.29, 0.717) is 35.1 Å². The molecule has 0 aromatic heterocycles. The number of fused-ring (bicyclic) bond motifs is 5. The average molecular weight is 436 g/mol. The molecule has 0 radical (unpaired) electrons. The summed E-state index contributed by atoms with van der Waals surface area (Å²) in [6.07, 6.45) is 10.9. The molecule has 3 N–H and O–H groups in total. The van der Waals surface area contributed by atoms with E-state index >= 15 is 0 Å². The number of likely N-dealkylation sites (N-methyl/N-ethyl adjacent to an activating group) is 1. The maximum atomic E-state index is 13.2. The first kappa shape index (κ1) is 21.5. The van der Waals surface area contributed by atoms with E-state index < -0.39 is 0 Å². The summed E-state index contributed by atoms with van der Waals surface area (Å²) in [5, 5.41) is 2.95. The van der Waals surface area contributed by atoms with Gasteiger partial charge in [-0.25, -0.2) is 0 Å². The summed E-state index contributed by atoms with van der Waals surface area (Å²) in [7, 11) is 1.89. The van der Waals surface area contributed by atoms with Crippen LogP contribution in [0.15, 0.2) is 35.9 Å². The normalized spacial score (nSPS) is 38.4. The summed E-state index contributed by atoms with van der Waals surface area (Å²) < 4.78 is 0. The maximum absolute atomic E-state index is 13.2. The molecular formula is C27H37N3O2. The zero-order valence-electron chi connectivity index (χ0n) is 19.7. The quantitative estimate of drug-likeness (QED) is 0.549. The Balaban J connectivity index is 1.43. The van der Waals surface area contributed by atoms with Gasteiger partial charge in [0.25, 0.3) is 11.8 Å². The number of para-hydroxylation sites is 1. The third-order valence-corrected chi connectivity index (χ3v) is 9.72. The Morgan fingerprint density at radius 3 is 2.69 bits per heavy atom. The number of nitrogens with two attached hydrogens (primary N) is 1. The van der Waals surface area contributed by atoms with Crippen molar-refractivity contribution in [2.75, 3.05) is 12.8 Å². The summed E-state index contributed by atoms with van der Waals surface area (Å²) in [4.78, 5) is 28.3. The predicted octanol–water partition coefficient (Wildman–Crippen LogP) is 4.28. The largest absolute Gasteiger partial charge is 0.398 e. The molecule has 0 spiro atoms. The first-order valence-corrected chi connectivity index (χ1v) is 12.4. The van der Waals surface area contributed by atoms with Crippen LogP contribution >= 0.6 is 0 Å². The monoisotopic (exact) mass is 435 g/mol. The van der Waals surface area contributed by atoms with E-state index in [9.17, 15) is 9.59 Å². The summed E-state index contributed by atoms with van der Waals surface area (Å²) in [5.74, 6) is 1.62. The minimum absolute atomic E-state index is 0.145. The lowest BCUT2D eigenvalue weighted by atomic mass is 9.48. The van der Waals surface area contributed by atoms with Gasteiger partial charge in [-0.05, 0) is 73.3 Å². The number of carbonyl (C=O) groups excluding carboxylic acids is 2. The summed E-state index contributed by atoms with van der Waals surface area (Å²) >= 11 is 0. The molecule has 32 heavy (non-hydrogen) atoms. The molecule has 1 heterocycles. The molecule has 1 unspecified atom stereocenters. The van der Waals surface area contributed by atoms with Crippen molar-refractivity contribution in [2.24, 2.45) is 28.6 Å². The van der Waals surface area contributed by atoms with Crippen LogP contribution in [0.1, 0.15) is 64.4 Å². The number of rotatable bonds is 3. The molecule has 0 bridgehead atoms. The summed E-state index contributed by atoms with van der Waals surface area (Å²) in [6.45, 7) is 5.15. The molecule has 3 fully saturated rings. The minimum Gasteiger partial charge on any atom is -0.398 e. The van der Waals surface area contributed by atoms with Crippen LogP contribution in [-0.2, 0) is 16.1 Å². The molecule has 1 aliphatic heterocycles. The molecule has 2 amide bonds. The number of benzene rings is 1. The molecule has 3 aliphatic carbocycles. The second-order valence-corrected chi connectivity index (χ2v) is 11.3. The highest BCUT2D eigenvalue weighted by atomic mass is 16.2. The minimum atomic E-state index is -0.284. The van der Waals surface area contributed by atoms with E-state index in [4.69, 9.17) is 5.73 Å². The molecule has 4 aliphatic rings. The van der Waals surface area contributed by atoms with Crippen molar-refractivity contribution in [1.82, 2.24) is 10.2 Å². The fraction of sp³-hybridized carbons (Fsp3) is 0.630. The highest BCUT2D eigenvalue weighted by molar-refractivity contribution is 6.19. The Hall–Kier alpha value is -2.30. The van der Waals surface area contributed by atoms with Gasteiger partial charge in [-0.1, -0.05) is 44.5 Å². The average Bonchev–Trinajstić information content (AvgIpc) is 3.17. The van der Waals surface area contributed by atoms with E-state index in [0.717, 1.165) is 17.9 Å². The Labute approximate surface area is 191 Å². The Kier molecular flexibility index (Phi) is 5.14. The third-order valence-electron chi connectivity index (χ3n) is 9.72. The van der Waals surface area contributed by atoms with Crippen molar-refractivity contribution in [1.29, 1.82) is 0 Å². The number of carbonyl (C=O) groups is 2. The highest BCUT2D eigenvalue weighted by Crippen LogP contribution is 2.64. The van der Waals surface area contributed by atoms with Crippen LogP contribution in [0.2, 0.25) is 0 Å². The second-order valence-electron chi connectivity index (χ2n) is 11.3. The standard InChI is InChI=1S/C27H37N3O2/c1-26-13-6-8-20(26)18-10-11-23-27(2,21(18)12-14-26)15-19(25(32)30(23)3)24(31)29-16-17-7-4-5-9-22(17)28/h4-5,7,9,15,18,20-21,23H,6,8,10-14,16,28H2,1-3H3,(H,29,31)/t18-,20-,21+,23?,26-,27+/m0/s1. The maximum Gasteiger partial charge on any atom is 0.259 e. The number of nitrogens with zero attached hydrogens (tertiary/aromatic N) is 1. The van der Waals surface area contributed by atoms with Gasteiger partial charge in [0.1, 0.15) is 5.57 Å². The van der Waals surface area contributed by atoms with Crippen LogP contribution in [0.4, 0.5) is 5.69 Å². The first-order valence-electron chi connectivity index (χ1n) is 12.4. The SMILES string of the molecule is CN1C(=O)C(C(=O)NCc2ccccc2N)=C[C@@]2(C)C1CC[C@@H]1[C@H]2CC[C@]2(C)CCC[C@@H]12. The van der Waals surface area contributed by atoms with Crippen LogP contribution in [0.25, 0.3) is 0 Å². The number of amides is 2. The zero-order valence-corrected chi connectivity index (χ0v) is 19.7. The number of nitrogens with one attached hydrogen (secondary N) is 1. The lowest BCUT2D eigenvalue weighted by molar-refractivity contribution is -0.141. The summed E-state index contributed by atoms with van der Waals surface area (Å²) in [5.41, 5.74) is 8.21. The molecule has 3 saturated carbocycles. The zero-order chi connectivity index (χ0) is 22.7. The fourth-order valence-corrected chi connectivity index (χ4v) is 8.01. The smallest absolute Gasteiger partial charge is 0.259 e. The Morgan fingerprint density at radius 2 is 1.91 bits per heavy atom. The van der Waals surface area contributed by atoms with Crippen molar-refractivity contribution >= 4 is 17.5 Å². The van der Waals surface area contributed by atoms with E-state index in [-0.39, 0.29) is 23.3 Å². The third kappa shape index (κ3) is 3.19. The van der Waals surface area contributed by atoms with Crippen LogP contribution in [0.3, 0.4) is 0 Å². The molecule has 5 rings (SSSR count). The molecule has 0 saturated heterocycles. The number of hydrogen-bond acceptors (Lipinski definition) is 3. The van der Waals surface area contributed by atoms with E-state index in [1.165, 1.54) is 38.5 Å². The van der Waals surface area contributed by atoms with E-state index in [1.807, 2.05) is 36.2 Å². The summed E-state index contributed by atoms with van der Waals surface area (Å²) in [6, 6.07) is 7.70. The lowest BCUT2D eigenvalue weighted by Crippen LogP contribution is -2.61. The van der Waals surface area contributed by atoms with Gasteiger partial charge in [-0.2, -0.15) is 0 Å². The van der Waals surface area contributed by atoms with Gasteiger partial charge in [-0.15, -0.1) is 0 Å². The van der Waals surface area contributed by atoms with Gasteiger partial charge in [0.15, 0.2) is 0 Å². The molecule has 5 heteroatoms. The van der Waals surface area contributed by atoms with Gasteiger partial charge >= 0.3 is 0 Å². The van der Waals surface area contributed by atoms with Crippen molar-refractivity contribution in [3.63, 3.8) is 0 Å². The molecule has 6 atom stereocenters. The fourth-order valence-electron chi connectivity index (χ4n) is 8.01. The van der Waals surface area contributed by atoms with Gasteiger partial charge in [0.05, 0.1) is 0 Å². The first-order chi connectivity index (χ1) is 15.2. The van der Waals surface area contributed by atoms with Gasteiger partial charge in [0.2, 0.25) is 0 Å². The van der Waals surface area contributed by atoms with Crippen LogP contribution in [0, 0.1) is 28.6 Å². The number of hydrogen-bond donors (Lipinski definition) is 2. The van der Waals surface area contributed by atoms with Gasteiger partial charge in [0, 0.05) is 30.7 Å². The highest BCUT2D eigenvalue weighted by Gasteiger charge is 2.59. The molecule has 1 aromatic carbocycles. The topological polar surface area (TPSA) is 75.4 Å². The molecule has 1 aromatic rings. The predicted molar refractivity (Wildman–Crippen MR) is 126 cm³/mol. The van der Waals surface area contributed by atoms with Crippen LogP contribution in [-0.4, -0.2) is 29.8 Å². The van der Waals surface area contributed by atoms with Crippen molar-refractivity contribution in [3.8, 4) is 0 Å². The van der Waals surface area contributed by atoms with Crippen LogP contribution < -0.4 is 11.1 Å². The van der Waals surface area contributed by atoms with Crippen molar-refractivity contribution < 1.29 is 9.59 Å². The van der Waals surface area contributed by atoms with Crippen molar-refractivity contribution in [3.05, 3.63) is 41.5 Å². The molecule has 172 valence electrons. The Morgan fingerprint density at radius 1 is 1.12 bits per heavy atom. The molecular weight excluding hydrogens is 398 g/mol. The lowest BCUT2D eigenvalue weighted by Gasteiger charge is -2.60. The number of nitrogen functional groups attached to an aromatic ring is 1.